The molecule has 100 valence electrons. The van der Waals surface area contributed by atoms with Crippen LogP contribution in [0, 0.1) is 5.92 Å². The topological polar surface area (TPSA) is 20.3 Å². The van der Waals surface area contributed by atoms with Crippen molar-refractivity contribution in [2.24, 2.45) is 5.92 Å². The van der Waals surface area contributed by atoms with Crippen LogP contribution in [0.1, 0.15) is 66.2 Å². The van der Waals surface area contributed by atoms with E-state index in [2.05, 4.69) is 32.6 Å². The van der Waals surface area contributed by atoms with E-state index in [-0.39, 0.29) is 5.54 Å². The average Bonchev–Trinajstić information content (AvgIpc) is 2.81. The highest BCUT2D eigenvalue weighted by molar-refractivity contribution is 5.87. The van der Waals surface area contributed by atoms with Gasteiger partial charge in [0.15, 0.2) is 5.78 Å². The van der Waals surface area contributed by atoms with Crippen molar-refractivity contribution >= 4 is 5.78 Å². The first-order valence-corrected chi connectivity index (χ1v) is 7.29. The molecule has 0 N–H and O–H groups in total. The third-order valence-corrected chi connectivity index (χ3v) is 4.28. The minimum absolute atomic E-state index is 0.187. The average molecular weight is 239 g/mol. The zero-order chi connectivity index (χ0) is 12.9. The Balaban J connectivity index is 2.50. The Hall–Kier alpha value is -0.370. The first-order chi connectivity index (χ1) is 8.00. The Labute approximate surface area is 107 Å². The summed E-state index contributed by atoms with van der Waals surface area (Å²) in [4.78, 5) is 14.8. The SMILES string of the molecule is CCC(C)(C(=O)CCCC(C)C)N1CCCC1. The molecule has 0 aromatic rings. The molecule has 0 aromatic heterocycles. The van der Waals surface area contributed by atoms with Gasteiger partial charge in [0, 0.05) is 6.42 Å². The van der Waals surface area contributed by atoms with Crippen molar-refractivity contribution in [2.75, 3.05) is 13.1 Å². The standard InChI is InChI=1S/C15H29NO/c1-5-15(4,16-11-6-7-12-16)14(17)10-8-9-13(2)3/h13H,5-12H2,1-4H3. The molecule has 2 nitrogen and oxygen atoms in total. The monoisotopic (exact) mass is 239 g/mol. The molecular formula is C15H29NO. The highest BCUT2D eigenvalue weighted by Gasteiger charge is 2.37. The summed E-state index contributed by atoms with van der Waals surface area (Å²) in [6.07, 6.45) is 6.46. The maximum Gasteiger partial charge on any atom is 0.152 e. The minimum Gasteiger partial charge on any atom is -0.298 e. The minimum atomic E-state index is -0.187. The molecular weight excluding hydrogens is 210 g/mol. The molecule has 0 radical (unpaired) electrons. The van der Waals surface area contributed by atoms with Crippen LogP contribution in [0.25, 0.3) is 0 Å². The zero-order valence-electron chi connectivity index (χ0n) is 12.1. The Morgan fingerprint density at radius 3 is 2.35 bits per heavy atom. The van der Waals surface area contributed by atoms with E-state index in [1.165, 1.54) is 19.3 Å². The fourth-order valence-corrected chi connectivity index (χ4v) is 2.75. The largest absolute Gasteiger partial charge is 0.298 e. The predicted octanol–water partition coefficient (Wildman–Crippen LogP) is 3.65. The maximum atomic E-state index is 12.4. The van der Waals surface area contributed by atoms with Crippen LogP contribution in [0.15, 0.2) is 0 Å². The van der Waals surface area contributed by atoms with E-state index >= 15 is 0 Å². The fourth-order valence-electron chi connectivity index (χ4n) is 2.75. The number of hydrogen-bond donors (Lipinski definition) is 0. The van der Waals surface area contributed by atoms with Gasteiger partial charge in [-0.25, -0.2) is 0 Å². The van der Waals surface area contributed by atoms with Gasteiger partial charge in [0.1, 0.15) is 0 Å². The van der Waals surface area contributed by atoms with E-state index in [0.29, 0.717) is 11.7 Å². The number of nitrogens with zero attached hydrogens (tertiary/aromatic N) is 1. The van der Waals surface area contributed by atoms with E-state index in [1.807, 2.05) is 0 Å². The van der Waals surface area contributed by atoms with Crippen LogP contribution in [0.5, 0.6) is 0 Å². The maximum absolute atomic E-state index is 12.4. The molecule has 1 aliphatic rings. The lowest BCUT2D eigenvalue weighted by atomic mass is 9.87. The number of ketones is 1. The van der Waals surface area contributed by atoms with Gasteiger partial charge >= 0.3 is 0 Å². The van der Waals surface area contributed by atoms with Gasteiger partial charge in [0.2, 0.25) is 0 Å². The molecule has 0 aromatic carbocycles. The van der Waals surface area contributed by atoms with Crippen LogP contribution in [-0.4, -0.2) is 29.3 Å². The van der Waals surface area contributed by atoms with Crippen LogP contribution in [0.2, 0.25) is 0 Å². The zero-order valence-corrected chi connectivity index (χ0v) is 12.1. The molecule has 0 saturated carbocycles. The quantitative estimate of drug-likeness (QED) is 0.676. The number of hydrogen-bond acceptors (Lipinski definition) is 2. The number of Topliss-reactive ketones (excluding diaryl/α,β-unsaturated/α-hetero) is 1. The highest BCUT2D eigenvalue weighted by atomic mass is 16.1. The Kier molecular flexibility index (Phi) is 5.64. The molecule has 0 bridgehead atoms. The summed E-state index contributed by atoms with van der Waals surface area (Å²) in [6.45, 7) is 11.0. The van der Waals surface area contributed by atoms with E-state index in [0.717, 1.165) is 32.4 Å². The second-order valence-corrected chi connectivity index (χ2v) is 6.03. The number of likely N-dealkylation sites (tertiary alicyclic amines) is 1. The number of rotatable bonds is 7. The van der Waals surface area contributed by atoms with E-state index in [9.17, 15) is 4.79 Å². The third kappa shape index (κ3) is 3.80. The van der Waals surface area contributed by atoms with Gasteiger partial charge in [-0.2, -0.15) is 0 Å². The van der Waals surface area contributed by atoms with Gasteiger partial charge in [-0.3, -0.25) is 9.69 Å². The highest BCUT2D eigenvalue weighted by Crippen LogP contribution is 2.27. The van der Waals surface area contributed by atoms with Gasteiger partial charge < -0.3 is 0 Å². The van der Waals surface area contributed by atoms with Crippen molar-refractivity contribution in [3.63, 3.8) is 0 Å². The van der Waals surface area contributed by atoms with Crippen LogP contribution in [0.3, 0.4) is 0 Å². The van der Waals surface area contributed by atoms with E-state index < -0.39 is 0 Å². The summed E-state index contributed by atoms with van der Waals surface area (Å²) in [5.41, 5.74) is -0.187. The fraction of sp³-hybridized carbons (Fsp3) is 0.933. The molecule has 0 amide bonds. The van der Waals surface area contributed by atoms with Gasteiger partial charge in [0.25, 0.3) is 0 Å². The third-order valence-electron chi connectivity index (χ3n) is 4.28. The molecule has 1 atom stereocenters. The van der Waals surface area contributed by atoms with Gasteiger partial charge in [-0.1, -0.05) is 27.2 Å². The molecule has 1 rings (SSSR count). The summed E-state index contributed by atoms with van der Waals surface area (Å²) in [7, 11) is 0. The molecule has 2 heteroatoms. The van der Waals surface area contributed by atoms with Crippen molar-refractivity contribution in [2.45, 2.75) is 71.8 Å². The second kappa shape index (κ2) is 6.53. The summed E-state index contributed by atoms with van der Waals surface area (Å²) in [6, 6.07) is 0. The Morgan fingerprint density at radius 2 is 1.88 bits per heavy atom. The van der Waals surface area contributed by atoms with Crippen LogP contribution in [-0.2, 0) is 4.79 Å². The molecule has 17 heavy (non-hydrogen) atoms. The molecule has 0 spiro atoms. The van der Waals surface area contributed by atoms with E-state index in [1.54, 1.807) is 0 Å². The summed E-state index contributed by atoms with van der Waals surface area (Å²) in [5, 5.41) is 0. The first kappa shape index (κ1) is 14.7. The van der Waals surface area contributed by atoms with Crippen molar-refractivity contribution in [1.82, 2.24) is 4.90 Å². The number of carbonyl (C=O) groups excluding carboxylic acids is 1. The summed E-state index contributed by atoms with van der Waals surface area (Å²) < 4.78 is 0. The number of carbonyl (C=O) groups is 1. The molecule has 0 aliphatic carbocycles. The summed E-state index contributed by atoms with van der Waals surface area (Å²) in [5.74, 6) is 1.17. The Bertz CT molecular complexity index is 243. The van der Waals surface area contributed by atoms with Crippen molar-refractivity contribution < 1.29 is 4.79 Å². The lowest BCUT2D eigenvalue weighted by Crippen LogP contribution is -2.50. The lowest BCUT2D eigenvalue weighted by molar-refractivity contribution is -0.130. The second-order valence-electron chi connectivity index (χ2n) is 6.03. The smallest absolute Gasteiger partial charge is 0.152 e. The predicted molar refractivity (Wildman–Crippen MR) is 73.2 cm³/mol. The Morgan fingerprint density at radius 1 is 1.29 bits per heavy atom. The first-order valence-electron chi connectivity index (χ1n) is 7.29. The van der Waals surface area contributed by atoms with Crippen molar-refractivity contribution in [3.8, 4) is 0 Å². The van der Waals surface area contributed by atoms with Crippen LogP contribution < -0.4 is 0 Å². The van der Waals surface area contributed by atoms with Crippen molar-refractivity contribution in [3.05, 3.63) is 0 Å². The lowest BCUT2D eigenvalue weighted by Gasteiger charge is -2.36. The normalized spacial score (nSPS) is 20.8. The van der Waals surface area contributed by atoms with Gasteiger partial charge in [0.05, 0.1) is 5.54 Å². The summed E-state index contributed by atoms with van der Waals surface area (Å²) >= 11 is 0. The van der Waals surface area contributed by atoms with Crippen LogP contribution in [0.4, 0.5) is 0 Å². The molecule has 1 fully saturated rings. The van der Waals surface area contributed by atoms with Gasteiger partial charge in [-0.15, -0.1) is 0 Å². The molecule has 1 aliphatic heterocycles. The van der Waals surface area contributed by atoms with Gasteiger partial charge in [-0.05, 0) is 51.6 Å². The van der Waals surface area contributed by atoms with E-state index in [4.69, 9.17) is 0 Å². The molecule has 1 unspecified atom stereocenters. The van der Waals surface area contributed by atoms with Crippen molar-refractivity contribution in [1.29, 1.82) is 0 Å². The molecule has 1 heterocycles. The molecule has 1 saturated heterocycles. The van der Waals surface area contributed by atoms with Crippen LogP contribution >= 0.6 is 0 Å².